The highest BCUT2D eigenvalue weighted by Gasteiger charge is 2.35. The van der Waals surface area contributed by atoms with Gasteiger partial charge in [0, 0.05) is 49.7 Å². The summed E-state index contributed by atoms with van der Waals surface area (Å²) >= 11 is 0. The van der Waals surface area contributed by atoms with Crippen LogP contribution in [-0.4, -0.2) is 4.57 Å². The van der Waals surface area contributed by atoms with Crippen LogP contribution >= 0.6 is 0 Å². The number of para-hydroxylation sites is 2. The van der Waals surface area contributed by atoms with Crippen LogP contribution in [0.2, 0.25) is 0 Å². The minimum Gasteiger partial charge on any atom is -0.456 e. The summed E-state index contributed by atoms with van der Waals surface area (Å²) in [4.78, 5) is 2.41. The Morgan fingerprint density at radius 1 is 0.425 bits per heavy atom. The first kappa shape index (κ1) is 42.9. The van der Waals surface area contributed by atoms with Gasteiger partial charge in [0.05, 0.1) is 11.0 Å². The van der Waals surface area contributed by atoms with Crippen LogP contribution in [0.5, 0.6) is 0 Å². The number of aromatic nitrogens is 1. The third-order valence-electron chi connectivity index (χ3n) is 15.8. The van der Waals surface area contributed by atoms with Crippen molar-refractivity contribution in [3.63, 3.8) is 0 Å². The van der Waals surface area contributed by atoms with Crippen molar-refractivity contribution in [2.75, 3.05) is 4.90 Å². The van der Waals surface area contributed by atoms with Gasteiger partial charge in [-0.2, -0.15) is 0 Å². The molecule has 73 heavy (non-hydrogen) atoms. The van der Waals surface area contributed by atoms with Gasteiger partial charge in [0.15, 0.2) is 0 Å². The summed E-state index contributed by atoms with van der Waals surface area (Å²) < 4.78 is 8.54. The Morgan fingerprint density at radius 2 is 0.918 bits per heavy atom. The fraction of sp³-hybridized carbons (Fsp3) is 0.0857. The lowest BCUT2D eigenvalue weighted by Gasteiger charge is -2.28. The van der Waals surface area contributed by atoms with Gasteiger partial charge in [-0.15, -0.1) is 0 Å². The van der Waals surface area contributed by atoms with Crippen molar-refractivity contribution in [3.8, 4) is 55.6 Å². The van der Waals surface area contributed by atoms with Gasteiger partial charge >= 0.3 is 0 Å². The number of anilines is 3. The highest BCUT2D eigenvalue weighted by Crippen LogP contribution is 2.51. The quantitative estimate of drug-likeness (QED) is 0.151. The highest BCUT2D eigenvalue weighted by molar-refractivity contribution is 6.12. The average Bonchev–Trinajstić information content (AvgIpc) is 4.06. The number of fused-ring (bicyclic) bond motifs is 9. The smallest absolute Gasteiger partial charge is 0.135 e. The third kappa shape index (κ3) is 7.18. The van der Waals surface area contributed by atoms with Crippen LogP contribution in [0, 0.1) is 5.92 Å². The zero-order chi connectivity index (χ0) is 48.8. The minimum atomic E-state index is -0.119. The number of hydrogen-bond donors (Lipinski definition) is 0. The molecule has 1 unspecified atom stereocenters. The predicted octanol–water partition coefficient (Wildman–Crippen LogP) is 19.6. The number of allylic oxidation sites excluding steroid dienone is 4. The summed E-state index contributed by atoms with van der Waals surface area (Å²) in [5.74, 6) is 0.570. The molecule has 1 atom stereocenters. The van der Waals surface area contributed by atoms with Crippen LogP contribution in [0.4, 0.5) is 17.1 Å². The molecule has 2 aliphatic carbocycles. The molecule has 0 spiro atoms. The molecule has 0 fully saturated rings. The van der Waals surface area contributed by atoms with Gasteiger partial charge in [-0.3, -0.25) is 0 Å². The van der Waals surface area contributed by atoms with E-state index in [1.54, 1.807) is 0 Å². The topological polar surface area (TPSA) is 21.3 Å². The zero-order valence-corrected chi connectivity index (χ0v) is 41.2. The molecule has 2 aromatic heterocycles. The molecule has 12 aromatic rings. The lowest BCUT2D eigenvalue weighted by atomic mass is 9.82. The van der Waals surface area contributed by atoms with E-state index in [4.69, 9.17) is 4.42 Å². The minimum absolute atomic E-state index is 0.119. The monoisotopic (exact) mass is 936 g/mol. The molecule has 0 amide bonds. The van der Waals surface area contributed by atoms with E-state index in [2.05, 4.69) is 261 Å². The third-order valence-corrected chi connectivity index (χ3v) is 15.8. The van der Waals surface area contributed by atoms with E-state index in [0.717, 1.165) is 45.4 Å². The number of nitrogens with zero attached hydrogens (tertiary/aromatic N) is 2. The van der Waals surface area contributed by atoms with E-state index in [1.165, 1.54) is 94.3 Å². The predicted molar refractivity (Wildman–Crippen MR) is 308 cm³/mol. The number of hydrogen-bond acceptors (Lipinski definition) is 2. The molecule has 348 valence electrons. The summed E-state index contributed by atoms with van der Waals surface area (Å²) in [7, 11) is 0. The van der Waals surface area contributed by atoms with Crippen molar-refractivity contribution in [2.45, 2.75) is 32.6 Å². The molecule has 0 aliphatic heterocycles. The van der Waals surface area contributed by atoms with Gasteiger partial charge in [-0.25, -0.2) is 0 Å². The standard InChI is InChI=1S/C70H52N2O/c1-45-16-32-56(33-17-45)72-66-14-8-5-11-60(66)62-42-52(30-40-67(62)72)50-22-18-46(19-23-50)48-26-34-54(35-27-48)71(57-38-39-59-58-10-4-7-13-64(58)70(2,3)65(59)44-57)55-36-28-49(29-37-55)47-20-24-51(25-21-47)53-31-41-69-63(43-53)61-12-6-9-15-68(61)73-69/h4-16,18-45H,17H2,1-3H3. The molecule has 10 aromatic carbocycles. The largest absolute Gasteiger partial charge is 0.456 e. The van der Waals surface area contributed by atoms with Crippen molar-refractivity contribution in [1.29, 1.82) is 0 Å². The van der Waals surface area contributed by atoms with Crippen LogP contribution in [0.3, 0.4) is 0 Å². The molecular weight excluding hydrogens is 885 g/mol. The van der Waals surface area contributed by atoms with Gasteiger partial charge in [-0.05, 0) is 158 Å². The van der Waals surface area contributed by atoms with Crippen LogP contribution in [0.15, 0.2) is 247 Å². The fourth-order valence-electron chi connectivity index (χ4n) is 11.8. The van der Waals surface area contributed by atoms with Crippen LogP contribution in [0.1, 0.15) is 38.3 Å². The number of benzene rings is 10. The Kier molecular flexibility index (Phi) is 9.91. The van der Waals surface area contributed by atoms with E-state index < -0.39 is 0 Å². The molecule has 0 saturated heterocycles. The van der Waals surface area contributed by atoms with Crippen LogP contribution in [-0.2, 0) is 5.41 Å². The molecule has 0 bridgehead atoms. The Bertz CT molecular complexity index is 4180. The first-order valence-electron chi connectivity index (χ1n) is 25.6. The van der Waals surface area contributed by atoms with E-state index in [1.807, 2.05) is 12.1 Å². The van der Waals surface area contributed by atoms with Crippen molar-refractivity contribution in [1.82, 2.24) is 4.57 Å². The van der Waals surface area contributed by atoms with Crippen molar-refractivity contribution < 1.29 is 4.42 Å². The zero-order valence-electron chi connectivity index (χ0n) is 41.2. The average molecular weight is 937 g/mol. The van der Waals surface area contributed by atoms with Gasteiger partial charge in [-0.1, -0.05) is 185 Å². The summed E-state index contributed by atoms with van der Waals surface area (Å²) in [6, 6.07) is 82.5. The maximum atomic E-state index is 6.11. The second kappa shape index (κ2) is 16.9. The maximum Gasteiger partial charge on any atom is 0.135 e. The second-order valence-corrected chi connectivity index (χ2v) is 20.6. The summed E-state index contributed by atoms with van der Waals surface area (Å²) in [6.07, 6.45) is 8.05. The van der Waals surface area contributed by atoms with Crippen LogP contribution in [0.25, 0.3) is 105 Å². The molecule has 0 saturated carbocycles. The Labute approximate surface area is 426 Å². The summed E-state index contributed by atoms with van der Waals surface area (Å²) in [5, 5.41) is 4.84. The number of furan rings is 1. The van der Waals surface area contributed by atoms with Gasteiger partial charge < -0.3 is 13.9 Å². The van der Waals surface area contributed by atoms with Crippen molar-refractivity contribution in [3.05, 3.63) is 254 Å². The SMILES string of the molecule is CC1C=CC(n2c3ccccc3c3cc(-c4ccc(-c5ccc(N(c6ccc(-c7ccc(-c8ccc9oc%10ccccc%10c9c8)cc7)cc6)c6ccc7c(c6)C(C)(C)c6ccccc6-7)cc5)cc4)ccc32)=CC1. The molecule has 3 nitrogen and oxygen atoms in total. The lowest BCUT2D eigenvalue weighted by Crippen LogP contribution is -2.16. The van der Waals surface area contributed by atoms with E-state index in [-0.39, 0.29) is 5.41 Å². The lowest BCUT2D eigenvalue weighted by molar-refractivity contribution is 0.660. The molecular formula is C70H52N2O. The van der Waals surface area contributed by atoms with E-state index in [9.17, 15) is 0 Å². The van der Waals surface area contributed by atoms with Gasteiger partial charge in [0.2, 0.25) is 0 Å². The van der Waals surface area contributed by atoms with E-state index in [0.29, 0.717) is 5.92 Å². The highest BCUT2D eigenvalue weighted by atomic mass is 16.3. The van der Waals surface area contributed by atoms with Gasteiger partial charge in [0.25, 0.3) is 0 Å². The maximum absolute atomic E-state index is 6.11. The fourth-order valence-corrected chi connectivity index (χ4v) is 11.8. The molecule has 2 heterocycles. The van der Waals surface area contributed by atoms with Crippen LogP contribution < -0.4 is 4.90 Å². The Balaban J connectivity index is 0.773. The van der Waals surface area contributed by atoms with Crippen molar-refractivity contribution >= 4 is 66.5 Å². The molecule has 14 rings (SSSR count). The molecule has 0 N–H and O–H groups in total. The van der Waals surface area contributed by atoms with E-state index >= 15 is 0 Å². The molecule has 2 aliphatic rings. The summed E-state index contributed by atoms with van der Waals surface area (Å²) in [5.41, 5.74) is 23.7. The first-order chi connectivity index (χ1) is 35.8. The van der Waals surface area contributed by atoms with Gasteiger partial charge in [0.1, 0.15) is 11.2 Å². The molecule has 3 heteroatoms. The summed E-state index contributed by atoms with van der Waals surface area (Å²) in [6.45, 7) is 6.99. The first-order valence-corrected chi connectivity index (χ1v) is 25.6. The number of rotatable bonds is 8. The Hall–Kier alpha value is -8.92. The second-order valence-electron chi connectivity index (χ2n) is 20.6. The Morgan fingerprint density at radius 3 is 1.58 bits per heavy atom. The normalized spacial score (nSPS) is 14.7. The molecule has 0 radical (unpaired) electrons. The van der Waals surface area contributed by atoms with Crippen molar-refractivity contribution in [2.24, 2.45) is 5.92 Å².